The molecule has 0 amide bonds. The molecule has 0 fully saturated rings. The molecule has 10 heavy (non-hydrogen) atoms. The van der Waals surface area contributed by atoms with Crippen LogP contribution in [0.4, 0.5) is 13.2 Å². The van der Waals surface area contributed by atoms with Gasteiger partial charge in [-0.05, 0) is 19.2 Å². The van der Waals surface area contributed by atoms with E-state index in [1.54, 1.807) is 0 Å². The fraction of sp³-hybridized carbons (Fsp3) is 0.714. The highest BCUT2D eigenvalue weighted by Crippen LogP contribution is 2.33. The third-order valence-corrected chi connectivity index (χ3v) is 1.54. The molecule has 0 bridgehead atoms. The van der Waals surface area contributed by atoms with Crippen LogP contribution in [0.2, 0.25) is 0 Å². The summed E-state index contributed by atoms with van der Waals surface area (Å²) in [6.45, 7) is 0. The van der Waals surface area contributed by atoms with Gasteiger partial charge in [-0.3, -0.25) is 0 Å². The molecule has 0 heterocycles. The van der Waals surface area contributed by atoms with Crippen molar-refractivity contribution in [2.75, 3.05) is 0 Å². The maximum atomic E-state index is 12.0. The fourth-order valence-electron chi connectivity index (χ4n) is 0.954. The van der Waals surface area contributed by atoms with E-state index >= 15 is 0 Å². The second-order valence-corrected chi connectivity index (χ2v) is 2.35. The summed E-state index contributed by atoms with van der Waals surface area (Å²) in [7, 11) is 0. The van der Waals surface area contributed by atoms with Crippen LogP contribution in [0.3, 0.4) is 0 Å². The highest BCUT2D eigenvalue weighted by Gasteiger charge is 2.37. The van der Waals surface area contributed by atoms with Gasteiger partial charge in [0.1, 0.15) is 0 Å². The summed E-state index contributed by atoms with van der Waals surface area (Å²) in [6.07, 6.45) is -1.75. The summed E-state index contributed by atoms with van der Waals surface area (Å²) in [5.74, 6) is -1.32. The monoisotopic (exact) mass is 151 g/mol. The first-order valence-electron chi connectivity index (χ1n) is 3.75. The minimum atomic E-state index is -4.11. The number of alkyl halides is 3. The summed E-state index contributed by atoms with van der Waals surface area (Å²) in [5, 5.41) is 0. The van der Waals surface area contributed by atoms with Crippen molar-refractivity contribution in [2.24, 2.45) is 5.92 Å². The first-order valence-corrected chi connectivity index (χ1v) is 3.17. The molecular formula is C7H9F3. The topological polar surface area (TPSA) is 0 Å². The zero-order valence-electron chi connectivity index (χ0n) is 6.36. The molecule has 0 unspecified atom stereocenters. The molecule has 0 aromatic heterocycles. The lowest BCUT2D eigenvalue weighted by Crippen LogP contribution is -2.22. The van der Waals surface area contributed by atoms with Gasteiger partial charge in [0.25, 0.3) is 0 Å². The first kappa shape index (κ1) is 6.25. The molecule has 0 radical (unpaired) electrons. The molecular weight excluding hydrogens is 141 g/mol. The average molecular weight is 151 g/mol. The molecule has 0 aromatic rings. The van der Waals surface area contributed by atoms with E-state index in [0.717, 1.165) is 6.08 Å². The van der Waals surface area contributed by atoms with Crippen molar-refractivity contribution in [1.29, 1.82) is 0 Å². The van der Waals surface area contributed by atoms with E-state index < -0.39 is 18.5 Å². The Kier molecular flexibility index (Phi) is 1.65. The normalized spacial score (nSPS) is 35.7. The number of halogens is 3. The standard InChI is InChI=1S/C7H9F3/c8-7(9,10)6-4-2-1-3-5-6/h2,4,6H,1,3,5H2/t6-/m1/s1/i1D/t1-,6+/m0. The molecule has 0 saturated heterocycles. The Balaban J connectivity index is 2.57. The van der Waals surface area contributed by atoms with E-state index in [1.165, 1.54) is 6.08 Å². The zero-order chi connectivity index (χ0) is 8.48. The van der Waals surface area contributed by atoms with Gasteiger partial charge in [0.05, 0.1) is 5.92 Å². The van der Waals surface area contributed by atoms with Crippen LogP contribution in [0.25, 0.3) is 0 Å². The molecule has 0 spiro atoms. The molecule has 0 aromatic carbocycles. The van der Waals surface area contributed by atoms with Gasteiger partial charge in [-0.1, -0.05) is 12.2 Å². The van der Waals surface area contributed by atoms with Crippen molar-refractivity contribution >= 4 is 0 Å². The molecule has 58 valence electrons. The van der Waals surface area contributed by atoms with Crippen molar-refractivity contribution in [2.45, 2.75) is 25.4 Å². The van der Waals surface area contributed by atoms with E-state index in [9.17, 15) is 13.2 Å². The minimum Gasteiger partial charge on any atom is -0.170 e. The van der Waals surface area contributed by atoms with Crippen LogP contribution in [0.5, 0.6) is 0 Å². The Bertz CT molecular complexity index is 162. The van der Waals surface area contributed by atoms with Crippen molar-refractivity contribution in [3.8, 4) is 0 Å². The van der Waals surface area contributed by atoms with Gasteiger partial charge < -0.3 is 0 Å². The van der Waals surface area contributed by atoms with E-state index in [2.05, 4.69) is 0 Å². The smallest absolute Gasteiger partial charge is 0.170 e. The molecule has 0 nitrogen and oxygen atoms in total. The van der Waals surface area contributed by atoms with E-state index in [4.69, 9.17) is 1.37 Å². The molecule has 0 aliphatic heterocycles. The van der Waals surface area contributed by atoms with Crippen LogP contribution in [-0.4, -0.2) is 6.18 Å². The van der Waals surface area contributed by atoms with Gasteiger partial charge in [-0.25, -0.2) is 0 Å². The predicted molar refractivity (Wildman–Crippen MR) is 32.5 cm³/mol. The molecule has 2 atom stereocenters. The largest absolute Gasteiger partial charge is 0.395 e. The Morgan fingerprint density at radius 3 is 2.60 bits per heavy atom. The Labute approximate surface area is 59.1 Å². The number of allylic oxidation sites excluding steroid dienone is 2. The summed E-state index contributed by atoms with van der Waals surface area (Å²) in [6, 6.07) is 0. The van der Waals surface area contributed by atoms with Gasteiger partial charge in [-0.2, -0.15) is 13.2 Å². The maximum Gasteiger partial charge on any atom is 0.395 e. The van der Waals surface area contributed by atoms with Crippen LogP contribution in [0, 0.1) is 5.92 Å². The average Bonchev–Trinajstić information content (AvgIpc) is 1.86. The van der Waals surface area contributed by atoms with E-state index in [0.29, 0.717) is 6.42 Å². The Morgan fingerprint density at radius 2 is 2.20 bits per heavy atom. The van der Waals surface area contributed by atoms with Gasteiger partial charge >= 0.3 is 6.18 Å². The third-order valence-electron chi connectivity index (χ3n) is 1.54. The van der Waals surface area contributed by atoms with Gasteiger partial charge in [0.2, 0.25) is 0 Å². The number of hydrogen-bond donors (Lipinski definition) is 0. The van der Waals surface area contributed by atoms with Crippen LogP contribution in [0.1, 0.15) is 20.6 Å². The first-order chi connectivity index (χ1) is 5.00. The van der Waals surface area contributed by atoms with Gasteiger partial charge in [-0.15, -0.1) is 0 Å². The Hall–Kier alpha value is -0.470. The summed E-state index contributed by atoms with van der Waals surface area (Å²) in [5.41, 5.74) is 0. The lowest BCUT2D eigenvalue weighted by atomic mass is 9.96. The van der Waals surface area contributed by atoms with Gasteiger partial charge in [0.15, 0.2) is 0 Å². The molecule has 1 aliphatic carbocycles. The predicted octanol–water partition coefficient (Wildman–Crippen LogP) is 2.91. The second kappa shape index (κ2) is 2.64. The van der Waals surface area contributed by atoms with Crippen LogP contribution in [0.15, 0.2) is 12.2 Å². The zero-order valence-corrected chi connectivity index (χ0v) is 5.36. The van der Waals surface area contributed by atoms with Crippen LogP contribution < -0.4 is 0 Å². The lowest BCUT2D eigenvalue weighted by molar-refractivity contribution is -0.163. The number of rotatable bonds is 0. The van der Waals surface area contributed by atoms with Crippen molar-refractivity contribution in [3.05, 3.63) is 12.2 Å². The van der Waals surface area contributed by atoms with Crippen LogP contribution >= 0.6 is 0 Å². The maximum absolute atomic E-state index is 12.0. The number of hydrogen-bond acceptors (Lipinski definition) is 0. The van der Waals surface area contributed by atoms with Crippen molar-refractivity contribution in [1.82, 2.24) is 0 Å². The van der Waals surface area contributed by atoms with Gasteiger partial charge in [0, 0.05) is 1.37 Å². The van der Waals surface area contributed by atoms with Crippen LogP contribution in [-0.2, 0) is 0 Å². The molecule has 0 N–H and O–H groups in total. The summed E-state index contributed by atoms with van der Waals surface area (Å²) in [4.78, 5) is 0. The highest BCUT2D eigenvalue weighted by atomic mass is 19.4. The lowest BCUT2D eigenvalue weighted by Gasteiger charge is -2.18. The molecule has 0 saturated carbocycles. The summed E-state index contributed by atoms with van der Waals surface area (Å²) < 4.78 is 43.0. The third kappa shape index (κ3) is 1.75. The molecule has 1 aliphatic rings. The fourth-order valence-corrected chi connectivity index (χ4v) is 0.954. The van der Waals surface area contributed by atoms with Crippen molar-refractivity contribution < 1.29 is 14.5 Å². The summed E-state index contributed by atoms with van der Waals surface area (Å²) >= 11 is 0. The highest BCUT2D eigenvalue weighted by molar-refractivity contribution is 4.95. The molecule has 3 heteroatoms. The SMILES string of the molecule is [2H][C@H]1C=C[C@@H](C(F)(F)F)CC1. The second-order valence-electron chi connectivity index (χ2n) is 2.35. The van der Waals surface area contributed by atoms with E-state index in [-0.39, 0.29) is 6.42 Å². The van der Waals surface area contributed by atoms with Crippen molar-refractivity contribution in [3.63, 3.8) is 0 Å². The Morgan fingerprint density at radius 1 is 1.50 bits per heavy atom. The van der Waals surface area contributed by atoms with E-state index in [1.807, 2.05) is 0 Å². The quantitative estimate of drug-likeness (QED) is 0.467. The molecule has 1 rings (SSSR count). The minimum absolute atomic E-state index is 0.0637.